The van der Waals surface area contributed by atoms with Gasteiger partial charge in [-0.25, -0.2) is 0 Å². The molecule has 1 aliphatic rings. The summed E-state index contributed by atoms with van der Waals surface area (Å²) in [7, 11) is 1.73. The van der Waals surface area contributed by atoms with Gasteiger partial charge in [0.15, 0.2) is 0 Å². The van der Waals surface area contributed by atoms with Crippen LogP contribution in [0.1, 0.15) is 31.4 Å². The lowest BCUT2D eigenvalue weighted by Gasteiger charge is -2.11. The summed E-state index contributed by atoms with van der Waals surface area (Å²) in [6, 6.07) is 4.22. The van der Waals surface area contributed by atoms with Gasteiger partial charge >= 0.3 is 0 Å². The molecule has 1 aromatic carbocycles. The predicted molar refractivity (Wildman–Crippen MR) is 68.8 cm³/mol. The molecule has 17 heavy (non-hydrogen) atoms. The first-order valence-electron chi connectivity index (χ1n) is 6.31. The molecule has 3 heteroatoms. The van der Waals surface area contributed by atoms with Crippen molar-refractivity contribution in [3.63, 3.8) is 0 Å². The third kappa shape index (κ3) is 2.72. The molecule has 1 aliphatic heterocycles. The van der Waals surface area contributed by atoms with Crippen molar-refractivity contribution in [1.82, 2.24) is 5.32 Å². The number of nitrogens with one attached hydrogen (secondary N) is 1. The van der Waals surface area contributed by atoms with Crippen molar-refractivity contribution >= 4 is 0 Å². The second kappa shape index (κ2) is 5.41. The maximum absolute atomic E-state index is 5.77. The second-order valence-corrected chi connectivity index (χ2v) is 4.58. The maximum atomic E-state index is 5.77. The Bertz CT molecular complexity index is 390. The van der Waals surface area contributed by atoms with Crippen LogP contribution in [-0.2, 0) is 13.0 Å². The van der Waals surface area contributed by atoms with Crippen LogP contribution in [0.15, 0.2) is 12.1 Å². The Morgan fingerprint density at radius 2 is 2.29 bits per heavy atom. The van der Waals surface area contributed by atoms with Crippen molar-refractivity contribution in [3.8, 4) is 11.5 Å². The minimum absolute atomic E-state index is 0.286. The molecule has 3 nitrogen and oxygen atoms in total. The van der Waals surface area contributed by atoms with Gasteiger partial charge in [0.2, 0.25) is 0 Å². The third-order valence-corrected chi connectivity index (χ3v) is 3.04. The first-order valence-corrected chi connectivity index (χ1v) is 6.31. The molecule has 0 saturated heterocycles. The van der Waals surface area contributed by atoms with Gasteiger partial charge in [0, 0.05) is 24.1 Å². The van der Waals surface area contributed by atoms with E-state index in [-0.39, 0.29) is 6.10 Å². The number of rotatable bonds is 5. The summed E-state index contributed by atoms with van der Waals surface area (Å²) in [6.07, 6.45) is 2.41. The number of ether oxygens (including phenoxy) is 2. The highest BCUT2D eigenvalue weighted by atomic mass is 16.5. The molecule has 94 valence electrons. The molecule has 0 radical (unpaired) electrons. The summed E-state index contributed by atoms with van der Waals surface area (Å²) < 4.78 is 11.2. The lowest BCUT2D eigenvalue weighted by Crippen LogP contribution is -2.14. The highest BCUT2D eigenvalue weighted by molar-refractivity contribution is 5.48. The molecule has 0 aromatic heterocycles. The molecule has 1 N–H and O–H groups in total. The number of benzene rings is 1. The van der Waals surface area contributed by atoms with E-state index in [1.54, 1.807) is 7.11 Å². The van der Waals surface area contributed by atoms with Gasteiger partial charge < -0.3 is 14.8 Å². The Balaban J connectivity index is 2.17. The van der Waals surface area contributed by atoms with Gasteiger partial charge in [0.1, 0.15) is 17.6 Å². The van der Waals surface area contributed by atoms with E-state index in [0.29, 0.717) is 0 Å². The molecule has 0 aliphatic carbocycles. The molecule has 0 amide bonds. The van der Waals surface area contributed by atoms with Crippen LogP contribution < -0.4 is 14.8 Å². The smallest absolute Gasteiger partial charge is 0.123 e. The summed E-state index contributed by atoms with van der Waals surface area (Å²) >= 11 is 0. The van der Waals surface area contributed by atoms with E-state index in [4.69, 9.17) is 9.47 Å². The van der Waals surface area contributed by atoms with Gasteiger partial charge in [-0.15, -0.1) is 0 Å². The fourth-order valence-corrected chi connectivity index (χ4v) is 2.21. The Kier molecular flexibility index (Phi) is 3.89. The Labute approximate surface area is 103 Å². The largest absolute Gasteiger partial charge is 0.496 e. The van der Waals surface area contributed by atoms with E-state index >= 15 is 0 Å². The number of fused-ring (bicyclic) bond motifs is 1. The molecular formula is C14H21NO2. The van der Waals surface area contributed by atoms with Crippen molar-refractivity contribution in [2.45, 2.75) is 39.3 Å². The molecule has 0 saturated carbocycles. The molecule has 2 rings (SSSR count). The number of methoxy groups -OCH3 is 1. The molecule has 1 atom stereocenters. The lowest BCUT2D eigenvalue weighted by molar-refractivity contribution is 0.254. The van der Waals surface area contributed by atoms with Crippen LogP contribution in [0.3, 0.4) is 0 Å². The van der Waals surface area contributed by atoms with Crippen LogP contribution in [0.4, 0.5) is 0 Å². The van der Waals surface area contributed by atoms with Gasteiger partial charge in [0.25, 0.3) is 0 Å². The zero-order chi connectivity index (χ0) is 12.3. The third-order valence-electron chi connectivity index (χ3n) is 3.04. The van der Waals surface area contributed by atoms with E-state index in [1.807, 2.05) is 0 Å². The Morgan fingerprint density at radius 1 is 1.47 bits per heavy atom. The van der Waals surface area contributed by atoms with Crippen molar-refractivity contribution < 1.29 is 9.47 Å². The molecule has 1 unspecified atom stereocenters. The lowest BCUT2D eigenvalue weighted by atomic mass is 10.1. The van der Waals surface area contributed by atoms with Gasteiger partial charge in [-0.3, -0.25) is 0 Å². The minimum atomic E-state index is 0.286. The van der Waals surface area contributed by atoms with E-state index in [0.717, 1.165) is 37.4 Å². The van der Waals surface area contributed by atoms with Crippen LogP contribution in [-0.4, -0.2) is 19.8 Å². The van der Waals surface area contributed by atoms with Crippen LogP contribution in [0, 0.1) is 0 Å². The predicted octanol–water partition coefficient (Wildman–Crippen LogP) is 2.52. The van der Waals surface area contributed by atoms with Crippen molar-refractivity contribution in [3.05, 3.63) is 23.3 Å². The molecule has 1 heterocycles. The molecule has 0 bridgehead atoms. The van der Waals surface area contributed by atoms with Crippen molar-refractivity contribution in [1.29, 1.82) is 0 Å². The second-order valence-electron chi connectivity index (χ2n) is 4.58. The summed E-state index contributed by atoms with van der Waals surface area (Å²) in [5.41, 5.74) is 2.43. The monoisotopic (exact) mass is 235 g/mol. The standard InChI is InChI=1S/C14H21NO2/c1-4-5-15-9-12-8-14-11(6-10(2)17-14)7-13(12)16-3/h7-8,10,15H,4-6,9H2,1-3H3. The molecule has 0 spiro atoms. The minimum Gasteiger partial charge on any atom is -0.496 e. The zero-order valence-corrected chi connectivity index (χ0v) is 10.9. The number of hydrogen-bond acceptors (Lipinski definition) is 3. The fraction of sp³-hybridized carbons (Fsp3) is 0.571. The molecule has 1 aromatic rings. The topological polar surface area (TPSA) is 30.5 Å². The van der Waals surface area contributed by atoms with Crippen LogP contribution in [0.25, 0.3) is 0 Å². The van der Waals surface area contributed by atoms with E-state index < -0.39 is 0 Å². The summed E-state index contributed by atoms with van der Waals surface area (Å²) in [5.74, 6) is 1.98. The van der Waals surface area contributed by atoms with Gasteiger partial charge in [-0.05, 0) is 32.0 Å². The van der Waals surface area contributed by atoms with Crippen molar-refractivity contribution in [2.24, 2.45) is 0 Å². The van der Waals surface area contributed by atoms with E-state index in [9.17, 15) is 0 Å². The quantitative estimate of drug-likeness (QED) is 0.795. The van der Waals surface area contributed by atoms with Crippen LogP contribution in [0.5, 0.6) is 11.5 Å². The van der Waals surface area contributed by atoms with E-state index in [2.05, 4.69) is 31.3 Å². The average Bonchev–Trinajstić information content (AvgIpc) is 2.67. The van der Waals surface area contributed by atoms with E-state index in [1.165, 1.54) is 11.1 Å². The van der Waals surface area contributed by atoms with Gasteiger partial charge in [0.05, 0.1) is 7.11 Å². The van der Waals surface area contributed by atoms with Crippen LogP contribution >= 0.6 is 0 Å². The average molecular weight is 235 g/mol. The summed E-state index contributed by atoms with van der Waals surface area (Å²) in [5, 5.41) is 3.39. The molecular weight excluding hydrogens is 214 g/mol. The first-order chi connectivity index (χ1) is 8.24. The molecule has 0 fully saturated rings. The van der Waals surface area contributed by atoms with Gasteiger partial charge in [-0.2, -0.15) is 0 Å². The SMILES string of the molecule is CCCNCc1cc2c(cc1OC)CC(C)O2. The zero-order valence-electron chi connectivity index (χ0n) is 10.9. The number of hydrogen-bond donors (Lipinski definition) is 1. The first kappa shape index (κ1) is 12.2. The summed E-state index contributed by atoms with van der Waals surface area (Å²) in [4.78, 5) is 0. The normalized spacial score (nSPS) is 17.7. The Morgan fingerprint density at radius 3 is 3.00 bits per heavy atom. The van der Waals surface area contributed by atoms with Gasteiger partial charge in [-0.1, -0.05) is 6.92 Å². The van der Waals surface area contributed by atoms with Crippen LogP contribution in [0.2, 0.25) is 0 Å². The fourth-order valence-electron chi connectivity index (χ4n) is 2.21. The highest BCUT2D eigenvalue weighted by Gasteiger charge is 2.21. The maximum Gasteiger partial charge on any atom is 0.123 e. The summed E-state index contributed by atoms with van der Waals surface area (Å²) in [6.45, 7) is 6.12. The van der Waals surface area contributed by atoms with Crippen molar-refractivity contribution in [2.75, 3.05) is 13.7 Å². The highest BCUT2D eigenvalue weighted by Crippen LogP contribution is 2.34. The Hall–Kier alpha value is -1.22.